The Kier molecular flexibility index (Phi) is 8.11. The van der Waals surface area contributed by atoms with Crippen LogP contribution in [0.1, 0.15) is 19.9 Å². The summed E-state index contributed by atoms with van der Waals surface area (Å²) in [5.74, 6) is -1.08. The Morgan fingerprint density at radius 3 is 2.46 bits per heavy atom. The first-order valence-electron chi connectivity index (χ1n) is 7.68. The molecule has 1 aromatic rings. The van der Waals surface area contributed by atoms with Gasteiger partial charge in [0.2, 0.25) is 5.91 Å². The average molecular weight is 364 g/mol. The maximum Gasteiger partial charge on any atom is 0.339 e. The van der Waals surface area contributed by atoms with Crippen LogP contribution in [0.25, 0.3) is 0 Å². The molecule has 0 radical (unpaired) electrons. The Balaban J connectivity index is 0.00000338. The van der Waals surface area contributed by atoms with Gasteiger partial charge in [0, 0.05) is 6.92 Å². The molecular weight excluding hydrogens is 340 g/mol. The number of hydrogen-bond acceptors (Lipinski definition) is 7. The number of aliphatic hydroxyl groups is 3. The second kappa shape index (κ2) is 9.81. The molecule has 1 amide bonds. The van der Waals surface area contributed by atoms with Gasteiger partial charge in [-0.3, -0.25) is 4.79 Å². The first-order chi connectivity index (χ1) is 11.9. The van der Waals surface area contributed by atoms with Crippen LogP contribution in [0.2, 0.25) is 0 Å². The Hall–Kier alpha value is -2.55. The van der Waals surface area contributed by atoms with E-state index in [0.29, 0.717) is 0 Å². The van der Waals surface area contributed by atoms with Gasteiger partial charge in [-0.1, -0.05) is 42.9 Å². The van der Waals surface area contributed by atoms with E-state index in [1.807, 2.05) is 6.07 Å². The van der Waals surface area contributed by atoms with Crippen molar-refractivity contribution in [2.24, 2.45) is 5.16 Å². The number of oxime groups is 1. The van der Waals surface area contributed by atoms with Crippen LogP contribution in [0.3, 0.4) is 0 Å². The van der Waals surface area contributed by atoms with Crippen molar-refractivity contribution in [2.75, 3.05) is 6.61 Å². The van der Waals surface area contributed by atoms with Gasteiger partial charge in [-0.25, -0.2) is 4.79 Å². The lowest BCUT2D eigenvalue weighted by molar-refractivity contribution is -0.142. The van der Waals surface area contributed by atoms with E-state index in [1.165, 1.54) is 13.0 Å². The molecule has 3 atom stereocenters. The summed E-state index contributed by atoms with van der Waals surface area (Å²) >= 11 is 0. The Morgan fingerprint density at radius 1 is 1.23 bits per heavy atom. The molecule has 4 N–H and O–H groups in total. The maximum atomic E-state index is 11.9. The molecule has 0 fully saturated rings. The molecule has 0 heterocycles. The maximum absolute atomic E-state index is 11.9. The summed E-state index contributed by atoms with van der Waals surface area (Å²) in [5.41, 5.74) is 0.877. The predicted octanol–water partition coefficient (Wildman–Crippen LogP) is -0.0768. The average Bonchev–Trinajstić information content (AvgIpc) is 2.59. The predicted molar refractivity (Wildman–Crippen MR) is 95.2 cm³/mol. The fourth-order valence-corrected chi connectivity index (χ4v) is 2.44. The molecular formula is C18H24N2O6. The van der Waals surface area contributed by atoms with Crippen molar-refractivity contribution in [3.8, 4) is 0 Å². The summed E-state index contributed by atoms with van der Waals surface area (Å²) in [7, 11) is 0. The molecule has 142 valence electrons. The summed E-state index contributed by atoms with van der Waals surface area (Å²) in [6.07, 6.45) is -1.50. The van der Waals surface area contributed by atoms with Crippen LogP contribution < -0.4 is 5.32 Å². The van der Waals surface area contributed by atoms with E-state index in [2.05, 4.69) is 10.5 Å². The van der Waals surface area contributed by atoms with E-state index in [9.17, 15) is 24.9 Å². The lowest BCUT2D eigenvalue weighted by Crippen LogP contribution is -2.55. The lowest BCUT2D eigenvalue weighted by atomic mass is 9.88. The molecule has 0 saturated heterocycles. The van der Waals surface area contributed by atoms with Gasteiger partial charge in [0.05, 0.1) is 13.0 Å². The quantitative estimate of drug-likeness (QED) is 0.427. The van der Waals surface area contributed by atoms with Crippen molar-refractivity contribution < 1.29 is 29.7 Å². The van der Waals surface area contributed by atoms with Gasteiger partial charge in [-0.15, -0.1) is 0 Å². The first kappa shape index (κ1) is 21.5. The standard InChI is InChI=1S/C17H20N2O6.CH4/c1-10(21)18-15-13(8-12(9-20)16(23)17(15)24)19-25-14(22)7-11-5-3-2-4-6-11;/h2-6,8,15-17,20,23-24H,7,9H2,1H3,(H,18,21);1H4/b19-13+;/t15-,16+,17+;/m0./s1. The minimum atomic E-state index is -1.43. The van der Waals surface area contributed by atoms with Crippen LogP contribution in [0.4, 0.5) is 0 Å². The fraction of sp³-hybridized carbons (Fsp3) is 0.389. The van der Waals surface area contributed by atoms with Crippen molar-refractivity contribution in [1.29, 1.82) is 0 Å². The smallest absolute Gasteiger partial charge is 0.339 e. The van der Waals surface area contributed by atoms with Gasteiger partial charge >= 0.3 is 5.97 Å². The van der Waals surface area contributed by atoms with Crippen molar-refractivity contribution in [2.45, 2.75) is 39.0 Å². The molecule has 0 spiro atoms. The topological polar surface area (TPSA) is 128 Å². The number of carbonyl (C=O) groups excluding carboxylic acids is 2. The summed E-state index contributed by atoms with van der Waals surface area (Å²) < 4.78 is 0. The summed E-state index contributed by atoms with van der Waals surface area (Å²) in [6, 6.07) is 7.86. The van der Waals surface area contributed by atoms with Gasteiger partial charge in [0.15, 0.2) is 0 Å². The minimum absolute atomic E-state index is 0. The number of nitrogens with one attached hydrogen (secondary N) is 1. The number of benzene rings is 1. The molecule has 0 saturated carbocycles. The number of amides is 1. The van der Waals surface area contributed by atoms with Gasteiger partial charge in [0.1, 0.15) is 24.0 Å². The third-order valence-corrected chi connectivity index (χ3v) is 3.68. The third-order valence-electron chi connectivity index (χ3n) is 3.68. The molecule has 8 heteroatoms. The lowest BCUT2D eigenvalue weighted by Gasteiger charge is -2.32. The number of hydrogen-bond donors (Lipinski definition) is 4. The monoisotopic (exact) mass is 364 g/mol. The molecule has 1 aliphatic rings. The van der Waals surface area contributed by atoms with E-state index in [1.54, 1.807) is 24.3 Å². The molecule has 0 bridgehead atoms. The van der Waals surface area contributed by atoms with E-state index < -0.39 is 36.7 Å². The highest BCUT2D eigenvalue weighted by Crippen LogP contribution is 2.18. The normalized spacial score (nSPS) is 23.6. The van der Waals surface area contributed by atoms with Crippen LogP contribution in [0.15, 0.2) is 47.1 Å². The van der Waals surface area contributed by atoms with Gasteiger partial charge in [-0.2, -0.15) is 0 Å². The van der Waals surface area contributed by atoms with Crippen molar-refractivity contribution in [1.82, 2.24) is 5.32 Å². The molecule has 0 unspecified atom stereocenters. The summed E-state index contributed by atoms with van der Waals surface area (Å²) in [6.45, 7) is 0.728. The third kappa shape index (κ3) is 5.48. The van der Waals surface area contributed by atoms with Crippen molar-refractivity contribution in [3.63, 3.8) is 0 Å². The second-order valence-electron chi connectivity index (χ2n) is 5.63. The minimum Gasteiger partial charge on any atom is -0.392 e. The van der Waals surface area contributed by atoms with Crippen LogP contribution in [0, 0.1) is 0 Å². The summed E-state index contributed by atoms with van der Waals surface area (Å²) in [5, 5.41) is 35.4. The van der Waals surface area contributed by atoms with Crippen molar-refractivity contribution in [3.05, 3.63) is 47.5 Å². The highest BCUT2D eigenvalue weighted by atomic mass is 16.7. The van der Waals surface area contributed by atoms with Crippen molar-refractivity contribution >= 4 is 17.6 Å². The van der Waals surface area contributed by atoms with E-state index in [0.717, 1.165) is 5.56 Å². The Labute approximate surface area is 151 Å². The molecule has 0 aromatic heterocycles. The second-order valence-corrected chi connectivity index (χ2v) is 5.63. The largest absolute Gasteiger partial charge is 0.392 e. The summed E-state index contributed by atoms with van der Waals surface area (Å²) in [4.78, 5) is 28.0. The fourth-order valence-electron chi connectivity index (χ4n) is 2.44. The Bertz CT molecular complexity index is 686. The number of aliphatic hydroxyl groups excluding tert-OH is 3. The molecule has 1 aromatic carbocycles. The molecule has 0 aliphatic heterocycles. The number of nitrogens with zero attached hydrogens (tertiary/aromatic N) is 1. The molecule has 1 aliphatic carbocycles. The first-order valence-corrected chi connectivity index (χ1v) is 7.68. The van der Waals surface area contributed by atoms with E-state index in [-0.39, 0.29) is 25.1 Å². The zero-order valence-electron chi connectivity index (χ0n) is 13.6. The van der Waals surface area contributed by atoms with Gasteiger partial charge in [0.25, 0.3) is 0 Å². The highest BCUT2D eigenvalue weighted by molar-refractivity contribution is 6.03. The SMILES string of the molecule is C.CC(=O)N[C@H]1/C(=N/OC(=O)Cc2ccccc2)C=C(CO)[C@@H](O)[C@@H]1O. The van der Waals surface area contributed by atoms with E-state index in [4.69, 9.17) is 4.84 Å². The Morgan fingerprint density at radius 2 is 1.88 bits per heavy atom. The van der Waals surface area contributed by atoms with Gasteiger partial charge in [-0.05, 0) is 17.2 Å². The van der Waals surface area contributed by atoms with Crippen LogP contribution in [0.5, 0.6) is 0 Å². The number of rotatable bonds is 5. The molecule has 26 heavy (non-hydrogen) atoms. The zero-order chi connectivity index (χ0) is 18.4. The van der Waals surface area contributed by atoms with Crippen LogP contribution in [-0.2, 0) is 20.8 Å². The highest BCUT2D eigenvalue weighted by Gasteiger charge is 2.37. The number of carbonyl (C=O) groups is 2. The zero-order valence-corrected chi connectivity index (χ0v) is 13.6. The van der Waals surface area contributed by atoms with Crippen LogP contribution >= 0.6 is 0 Å². The van der Waals surface area contributed by atoms with Crippen LogP contribution in [-0.4, -0.2) is 57.8 Å². The molecule has 2 rings (SSSR count). The molecule has 8 nitrogen and oxygen atoms in total. The van der Waals surface area contributed by atoms with Gasteiger partial charge < -0.3 is 25.5 Å². The van der Waals surface area contributed by atoms with E-state index >= 15 is 0 Å².